The normalized spacial score (nSPS) is 30.3. The lowest BCUT2D eigenvalue weighted by Gasteiger charge is -2.23. The number of rotatable bonds is 0. The van der Waals surface area contributed by atoms with Crippen LogP contribution in [0, 0.1) is 5.92 Å². The van der Waals surface area contributed by atoms with E-state index in [0.717, 1.165) is 6.42 Å². The van der Waals surface area contributed by atoms with Gasteiger partial charge in [-0.05, 0) is 18.4 Å². The van der Waals surface area contributed by atoms with E-state index in [9.17, 15) is 0 Å². The van der Waals surface area contributed by atoms with Crippen molar-refractivity contribution < 1.29 is 5.11 Å². The molecule has 1 N–H and O–H groups in total. The smallest absolute Gasteiger partial charge is 0.0920 e. The molecule has 1 aliphatic rings. The molecule has 40 valence electrons. The predicted molar refractivity (Wildman–Crippen MR) is 29.1 cm³/mol. The van der Waals surface area contributed by atoms with Gasteiger partial charge in [-0.15, -0.1) is 0 Å². The van der Waals surface area contributed by atoms with Gasteiger partial charge in [0.25, 0.3) is 0 Å². The van der Waals surface area contributed by atoms with E-state index < -0.39 is 0 Å². The van der Waals surface area contributed by atoms with Gasteiger partial charge in [0.2, 0.25) is 0 Å². The van der Waals surface area contributed by atoms with Gasteiger partial charge in [-0.1, -0.05) is 6.92 Å². The Morgan fingerprint density at radius 3 is 2.29 bits per heavy atom. The van der Waals surface area contributed by atoms with Crippen molar-refractivity contribution in [3.63, 3.8) is 0 Å². The molecule has 0 radical (unpaired) electrons. The van der Waals surface area contributed by atoms with E-state index in [4.69, 9.17) is 5.11 Å². The van der Waals surface area contributed by atoms with Gasteiger partial charge >= 0.3 is 0 Å². The third-order valence-electron chi connectivity index (χ3n) is 1.69. The van der Waals surface area contributed by atoms with Gasteiger partial charge in [-0.2, -0.15) is 0 Å². The minimum Gasteiger partial charge on any atom is -0.512 e. The summed E-state index contributed by atoms with van der Waals surface area (Å²) < 4.78 is 0. The predicted octanol–water partition coefficient (Wildman–Crippen LogP) is 1.86. The minimum absolute atomic E-state index is 0.604. The fourth-order valence-electron chi connectivity index (χ4n) is 0.757. The lowest BCUT2D eigenvalue weighted by Crippen LogP contribution is -2.11. The second kappa shape index (κ2) is 1.25. The number of aliphatic hydroxyl groups excluding tert-OH is 1. The fourth-order valence-corrected chi connectivity index (χ4v) is 0.757. The quantitative estimate of drug-likeness (QED) is 0.490. The number of allylic oxidation sites excluding steroid dienone is 2. The minimum atomic E-state index is 0.604. The van der Waals surface area contributed by atoms with Crippen molar-refractivity contribution in [1.82, 2.24) is 0 Å². The zero-order valence-corrected chi connectivity index (χ0v) is 4.73. The Bertz CT molecular complexity index is 113. The summed E-state index contributed by atoms with van der Waals surface area (Å²) in [6.07, 6.45) is 0.895. The molecule has 0 fully saturated rings. The number of hydrogen-bond donors (Lipinski definition) is 1. The third kappa shape index (κ3) is 0.521. The van der Waals surface area contributed by atoms with Gasteiger partial charge < -0.3 is 5.11 Å². The highest BCUT2D eigenvalue weighted by Gasteiger charge is 2.20. The van der Waals surface area contributed by atoms with Crippen LogP contribution in [0.1, 0.15) is 20.3 Å². The van der Waals surface area contributed by atoms with Crippen LogP contribution in [-0.4, -0.2) is 5.11 Å². The van der Waals surface area contributed by atoms with Crippen LogP contribution < -0.4 is 0 Å². The summed E-state index contributed by atoms with van der Waals surface area (Å²) in [5.74, 6) is 1.24. The van der Waals surface area contributed by atoms with Crippen LogP contribution in [0.2, 0.25) is 0 Å². The van der Waals surface area contributed by atoms with E-state index in [2.05, 4.69) is 6.92 Å². The van der Waals surface area contributed by atoms with Crippen LogP contribution in [0.3, 0.4) is 0 Å². The summed E-state index contributed by atoms with van der Waals surface area (Å²) in [7, 11) is 0. The van der Waals surface area contributed by atoms with Crippen molar-refractivity contribution >= 4 is 0 Å². The molecule has 0 aliphatic heterocycles. The van der Waals surface area contributed by atoms with Crippen molar-refractivity contribution in [3.05, 3.63) is 11.3 Å². The van der Waals surface area contributed by atoms with Crippen molar-refractivity contribution in [3.8, 4) is 0 Å². The fraction of sp³-hybridized carbons (Fsp3) is 0.667. The molecule has 0 amide bonds. The summed E-state index contributed by atoms with van der Waals surface area (Å²) >= 11 is 0. The SMILES string of the molecule is CC1=C(O)CC1C. The molecule has 1 nitrogen and oxygen atoms in total. The maximum atomic E-state index is 8.77. The largest absolute Gasteiger partial charge is 0.512 e. The lowest BCUT2D eigenvalue weighted by molar-refractivity contribution is 0.314. The molecule has 0 aromatic heterocycles. The molecule has 0 saturated heterocycles. The molecule has 0 heterocycles. The molecule has 0 aromatic rings. The Balaban J connectivity index is 2.65. The first-order chi connectivity index (χ1) is 3.22. The lowest BCUT2D eigenvalue weighted by atomic mass is 9.86. The molecule has 1 atom stereocenters. The average molecular weight is 98.1 g/mol. The molecule has 0 bridgehead atoms. The molecule has 1 aliphatic carbocycles. The monoisotopic (exact) mass is 98.1 g/mol. The second-order valence-corrected chi connectivity index (χ2v) is 2.23. The standard InChI is InChI=1S/C6H10O/c1-4-3-6(7)5(4)2/h4,7H,3H2,1-2H3. The van der Waals surface area contributed by atoms with Gasteiger partial charge in [-0.3, -0.25) is 0 Å². The van der Waals surface area contributed by atoms with Gasteiger partial charge in [0.05, 0.1) is 5.76 Å². The molecular formula is C6H10O. The van der Waals surface area contributed by atoms with Crippen molar-refractivity contribution in [1.29, 1.82) is 0 Å². The van der Waals surface area contributed by atoms with Gasteiger partial charge in [0.1, 0.15) is 0 Å². The van der Waals surface area contributed by atoms with E-state index >= 15 is 0 Å². The van der Waals surface area contributed by atoms with Gasteiger partial charge in [0, 0.05) is 6.42 Å². The van der Waals surface area contributed by atoms with E-state index in [-0.39, 0.29) is 0 Å². The van der Waals surface area contributed by atoms with Crippen LogP contribution in [-0.2, 0) is 0 Å². The van der Waals surface area contributed by atoms with Crippen LogP contribution in [0.25, 0.3) is 0 Å². The van der Waals surface area contributed by atoms with Gasteiger partial charge in [0.15, 0.2) is 0 Å². The molecule has 0 saturated carbocycles. The topological polar surface area (TPSA) is 20.2 Å². The highest BCUT2D eigenvalue weighted by atomic mass is 16.3. The van der Waals surface area contributed by atoms with Crippen LogP contribution >= 0.6 is 0 Å². The van der Waals surface area contributed by atoms with Crippen molar-refractivity contribution in [2.24, 2.45) is 5.92 Å². The van der Waals surface area contributed by atoms with E-state index in [1.807, 2.05) is 6.92 Å². The molecule has 7 heavy (non-hydrogen) atoms. The summed E-state index contributed by atoms with van der Waals surface area (Å²) in [4.78, 5) is 0. The first kappa shape index (κ1) is 4.69. The first-order valence-corrected chi connectivity index (χ1v) is 2.60. The highest BCUT2D eigenvalue weighted by molar-refractivity contribution is 5.19. The number of aliphatic hydroxyl groups is 1. The molecule has 1 unspecified atom stereocenters. The maximum absolute atomic E-state index is 8.77. The highest BCUT2D eigenvalue weighted by Crippen LogP contribution is 2.30. The number of hydrogen-bond acceptors (Lipinski definition) is 1. The summed E-state index contributed by atoms with van der Waals surface area (Å²) in [5, 5.41) is 8.77. The Hall–Kier alpha value is -0.460. The third-order valence-corrected chi connectivity index (χ3v) is 1.69. The van der Waals surface area contributed by atoms with Crippen LogP contribution in [0.5, 0.6) is 0 Å². The summed E-state index contributed by atoms with van der Waals surface area (Å²) in [6, 6.07) is 0. The van der Waals surface area contributed by atoms with Gasteiger partial charge in [-0.25, -0.2) is 0 Å². The van der Waals surface area contributed by atoms with Crippen LogP contribution in [0.15, 0.2) is 11.3 Å². The Kier molecular flexibility index (Phi) is 0.841. The Morgan fingerprint density at radius 2 is 2.29 bits per heavy atom. The average Bonchev–Trinajstić information content (AvgIpc) is 1.68. The zero-order valence-electron chi connectivity index (χ0n) is 4.73. The molecule has 0 spiro atoms. The first-order valence-electron chi connectivity index (χ1n) is 2.60. The van der Waals surface area contributed by atoms with Crippen LogP contribution in [0.4, 0.5) is 0 Å². The Morgan fingerprint density at radius 1 is 1.71 bits per heavy atom. The molecule has 1 heteroatoms. The zero-order chi connectivity index (χ0) is 5.44. The maximum Gasteiger partial charge on any atom is 0.0920 e. The summed E-state index contributed by atoms with van der Waals surface area (Å²) in [6.45, 7) is 4.10. The van der Waals surface area contributed by atoms with E-state index in [1.54, 1.807) is 0 Å². The molecule has 0 aromatic carbocycles. The van der Waals surface area contributed by atoms with E-state index in [0.29, 0.717) is 11.7 Å². The second-order valence-electron chi connectivity index (χ2n) is 2.23. The molecular weight excluding hydrogens is 88.1 g/mol. The van der Waals surface area contributed by atoms with Crippen molar-refractivity contribution in [2.45, 2.75) is 20.3 Å². The molecule has 1 rings (SSSR count). The van der Waals surface area contributed by atoms with E-state index in [1.165, 1.54) is 5.57 Å². The Labute approximate surface area is 43.7 Å². The summed E-state index contributed by atoms with van der Waals surface area (Å²) in [5.41, 5.74) is 1.17. The van der Waals surface area contributed by atoms with Crippen molar-refractivity contribution in [2.75, 3.05) is 0 Å².